The van der Waals surface area contributed by atoms with Crippen molar-refractivity contribution in [3.05, 3.63) is 48.5 Å². The minimum atomic E-state index is -3.11. The fourth-order valence-electron chi connectivity index (χ4n) is 3.79. The van der Waals surface area contributed by atoms with E-state index in [-0.39, 0.29) is 40.7 Å². The first-order valence-corrected chi connectivity index (χ1v) is 11.2. The monoisotopic (exact) mass is 512 g/mol. The summed E-state index contributed by atoms with van der Waals surface area (Å²) in [7, 11) is 3.19. The van der Waals surface area contributed by atoms with Gasteiger partial charge in [0.1, 0.15) is 35.9 Å². The van der Waals surface area contributed by atoms with Crippen molar-refractivity contribution < 1.29 is 27.8 Å². The van der Waals surface area contributed by atoms with Gasteiger partial charge in [-0.05, 0) is 12.1 Å². The first-order chi connectivity index (χ1) is 17.8. The number of ether oxygens (including phenoxy) is 2. The highest BCUT2D eigenvalue weighted by molar-refractivity contribution is 6.09. The summed E-state index contributed by atoms with van der Waals surface area (Å²) in [5, 5.41) is 14.4. The topological polar surface area (TPSA) is 128 Å². The van der Waals surface area contributed by atoms with E-state index in [0.29, 0.717) is 30.2 Å². The summed E-state index contributed by atoms with van der Waals surface area (Å²) >= 11 is 0. The molecule has 12 nitrogen and oxygen atoms in total. The van der Waals surface area contributed by atoms with Crippen LogP contribution in [0.15, 0.2) is 43.0 Å². The van der Waals surface area contributed by atoms with Crippen molar-refractivity contribution >= 4 is 28.8 Å². The summed E-state index contributed by atoms with van der Waals surface area (Å²) in [6, 6.07) is 4.57. The number of nitrogens with one attached hydrogen (secondary N) is 2. The van der Waals surface area contributed by atoms with Crippen molar-refractivity contribution in [3.8, 4) is 22.8 Å². The van der Waals surface area contributed by atoms with Crippen molar-refractivity contribution in [1.29, 1.82) is 0 Å². The fourth-order valence-corrected chi connectivity index (χ4v) is 3.79. The lowest BCUT2D eigenvalue weighted by Crippen LogP contribution is -2.26. The van der Waals surface area contributed by atoms with Crippen LogP contribution in [0.2, 0.25) is 0 Å². The maximum atomic E-state index is 13.3. The molecule has 4 aromatic rings. The van der Waals surface area contributed by atoms with E-state index in [1.807, 2.05) is 0 Å². The Morgan fingerprint density at radius 1 is 1.32 bits per heavy atom. The Balaban J connectivity index is 1.59. The molecule has 192 valence electrons. The van der Waals surface area contributed by atoms with Gasteiger partial charge in [0.15, 0.2) is 5.65 Å². The summed E-state index contributed by atoms with van der Waals surface area (Å²) in [6.07, 6.45) is 5.98. The maximum absolute atomic E-state index is 13.3. The number of halogens is 2. The molecular formula is C23H22F2N8O4. The van der Waals surface area contributed by atoms with Crippen LogP contribution in [0, 0.1) is 0 Å². The van der Waals surface area contributed by atoms with Crippen molar-refractivity contribution in [1.82, 2.24) is 29.3 Å². The second-order valence-electron chi connectivity index (χ2n) is 8.28. The molecule has 3 aromatic heterocycles. The minimum Gasteiger partial charge on any atom is -0.490 e. The van der Waals surface area contributed by atoms with E-state index in [1.54, 1.807) is 26.4 Å². The SMILES string of the molecule is CN(C)C(=O)Cn1cc(NC(=O)c2cnn3cccnc23)c(-c2cc3c(cc2OC(F)F)NCCO3)n1. The van der Waals surface area contributed by atoms with Crippen LogP contribution in [0.5, 0.6) is 11.5 Å². The number of benzene rings is 1. The van der Waals surface area contributed by atoms with Crippen LogP contribution in [-0.2, 0) is 11.3 Å². The first kappa shape index (κ1) is 24.0. The van der Waals surface area contributed by atoms with E-state index in [9.17, 15) is 18.4 Å². The number of anilines is 2. The normalized spacial score (nSPS) is 12.6. The number of alkyl halides is 2. The predicted molar refractivity (Wildman–Crippen MR) is 128 cm³/mol. The molecule has 14 heteroatoms. The minimum absolute atomic E-state index is 0.108. The number of carbonyl (C=O) groups is 2. The Kier molecular flexibility index (Phi) is 6.29. The smallest absolute Gasteiger partial charge is 0.387 e. The van der Waals surface area contributed by atoms with Crippen molar-refractivity contribution in [2.75, 3.05) is 37.9 Å². The van der Waals surface area contributed by atoms with Crippen LogP contribution in [-0.4, -0.2) is 75.0 Å². The lowest BCUT2D eigenvalue weighted by Gasteiger charge is -2.21. The summed E-state index contributed by atoms with van der Waals surface area (Å²) in [4.78, 5) is 31.1. The largest absolute Gasteiger partial charge is 0.490 e. The molecule has 0 bridgehead atoms. The quantitative estimate of drug-likeness (QED) is 0.386. The van der Waals surface area contributed by atoms with Gasteiger partial charge in [-0.15, -0.1) is 0 Å². The molecule has 2 amide bonds. The van der Waals surface area contributed by atoms with Gasteiger partial charge in [-0.25, -0.2) is 9.50 Å². The standard InChI is InChI=1S/C23H22F2N8O4/c1-31(2)19(34)12-32-11-16(29-22(35)14-10-28-33-6-3-4-27-21(14)33)20(30-32)13-8-18-15(26-5-7-36-18)9-17(13)37-23(24)25/h3-4,6,8-11,23,26H,5,7,12H2,1-2H3,(H,29,35). The van der Waals surface area contributed by atoms with Gasteiger partial charge in [0.2, 0.25) is 5.91 Å². The highest BCUT2D eigenvalue weighted by Gasteiger charge is 2.25. The van der Waals surface area contributed by atoms with E-state index in [4.69, 9.17) is 9.47 Å². The highest BCUT2D eigenvalue weighted by Crippen LogP contribution is 2.42. The van der Waals surface area contributed by atoms with Gasteiger partial charge >= 0.3 is 6.61 Å². The average molecular weight is 512 g/mol. The van der Waals surface area contributed by atoms with E-state index in [0.717, 1.165) is 0 Å². The molecule has 4 heterocycles. The van der Waals surface area contributed by atoms with Gasteiger partial charge in [0.05, 0.1) is 23.1 Å². The van der Waals surface area contributed by atoms with Crippen molar-refractivity contribution in [3.63, 3.8) is 0 Å². The van der Waals surface area contributed by atoms with Gasteiger partial charge < -0.3 is 25.0 Å². The summed E-state index contributed by atoms with van der Waals surface area (Å²) in [5.74, 6) is -0.587. The summed E-state index contributed by atoms with van der Waals surface area (Å²) in [5.41, 5.74) is 1.41. The number of hydrogen-bond acceptors (Lipinski definition) is 8. The maximum Gasteiger partial charge on any atom is 0.387 e. The van der Waals surface area contributed by atoms with Crippen LogP contribution in [0.1, 0.15) is 10.4 Å². The molecule has 0 saturated carbocycles. The molecule has 5 rings (SSSR count). The van der Waals surface area contributed by atoms with E-state index < -0.39 is 12.5 Å². The number of hydrogen-bond donors (Lipinski definition) is 2. The third-order valence-corrected chi connectivity index (χ3v) is 5.56. The molecule has 0 saturated heterocycles. The zero-order chi connectivity index (χ0) is 26.1. The molecule has 0 spiro atoms. The van der Waals surface area contributed by atoms with E-state index in [2.05, 4.69) is 25.8 Å². The number of rotatable bonds is 7. The van der Waals surface area contributed by atoms with Crippen molar-refractivity contribution in [2.45, 2.75) is 13.2 Å². The molecule has 1 aromatic carbocycles. The van der Waals surface area contributed by atoms with Crippen molar-refractivity contribution in [2.24, 2.45) is 0 Å². The number of aromatic nitrogens is 5. The highest BCUT2D eigenvalue weighted by atomic mass is 19.3. The molecule has 0 aliphatic carbocycles. The number of fused-ring (bicyclic) bond motifs is 2. The summed E-state index contributed by atoms with van der Waals surface area (Å²) < 4.78 is 39.9. The fraction of sp³-hybridized carbons (Fsp3) is 0.261. The summed E-state index contributed by atoms with van der Waals surface area (Å²) in [6.45, 7) is -2.39. The van der Waals surface area contributed by atoms with Gasteiger partial charge in [-0.2, -0.15) is 19.0 Å². The van der Waals surface area contributed by atoms with Crippen LogP contribution >= 0.6 is 0 Å². The third kappa shape index (κ3) is 4.85. The predicted octanol–water partition coefficient (Wildman–Crippen LogP) is 2.34. The Bertz CT molecular complexity index is 1480. The Morgan fingerprint density at radius 3 is 2.95 bits per heavy atom. The molecule has 0 radical (unpaired) electrons. The molecule has 0 unspecified atom stereocenters. The molecule has 0 fully saturated rings. The Labute approximate surface area is 208 Å². The molecule has 1 aliphatic heterocycles. The Hall–Kier alpha value is -4.75. The number of carbonyl (C=O) groups excluding carboxylic acids is 2. The van der Waals surface area contributed by atoms with E-state index >= 15 is 0 Å². The second kappa shape index (κ2) is 9.72. The van der Waals surface area contributed by atoms with Gasteiger partial charge in [-0.3, -0.25) is 14.3 Å². The second-order valence-corrected chi connectivity index (χ2v) is 8.28. The number of amides is 2. The van der Waals surface area contributed by atoms with Crippen LogP contribution in [0.25, 0.3) is 16.9 Å². The third-order valence-electron chi connectivity index (χ3n) is 5.56. The lowest BCUT2D eigenvalue weighted by molar-refractivity contribution is -0.129. The zero-order valence-electron chi connectivity index (χ0n) is 19.8. The molecule has 1 aliphatic rings. The number of nitrogens with zero attached hydrogens (tertiary/aromatic N) is 6. The Morgan fingerprint density at radius 2 is 2.16 bits per heavy atom. The van der Waals surface area contributed by atoms with Crippen LogP contribution < -0.4 is 20.1 Å². The van der Waals surface area contributed by atoms with Gasteiger partial charge in [0, 0.05) is 45.3 Å². The molecular weight excluding hydrogens is 490 g/mol. The van der Waals surface area contributed by atoms with Gasteiger partial charge in [0.25, 0.3) is 5.91 Å². The van der Waals surface area contributed by atoms with Gasteiger partial charge in [-0.1, -0.05) is 0 Å². The molecule has 2 N–H and O–H groups in total. The van der Waals surface area contributed by atoms with Crippen LogP contribution in [0.3, 0.4) is 0 Å². The zero-order valence-corrected chi connectivity index (χ0v) is 19.8. The average Bonchev–Trinajstić information content (AvgIpc) is 3.47. The molecule has 37 heavy (non-hydrogen) atoms. The number of likely N-dealkylation sites (N-methyl/N-ethyl adjacent to an activating group) is 1. The molecule has 0 atom stereocenters. The lowest BCUT2D eigenvalue weighted by atomic mass is 10.1. The van der Waals surface area contributed by atoms with E-state index in [1.165, 1.54) is 44.8 Å². The first-order valence-electron chi connectivity index (χ1n) is 11.2. The van der Waals surface area contributed by atoms with Crippen LogP contribution in [0.4, 0.5) is 20.2 Å².